The van der Waals surface area contributed by atoms with E-state index in [1.54, 1.807) is 42.3 Å². The normalized spacial score (nSPS) is 13.7. The van der Waals surface area contributed by atoms with E-state index in [4.69, 9.17) is 4.74 Å². The minimum Gasteiger partial charge on any atom is -0.497 e. The number of ether oxygens (including phenoxy) is 1. The van der Waals surface area contributed by atoms with Gasteiger partial charge in [0.15, 0.2) is 5.78 Å². The first-order valence-corrected chi connectivity index (χ1v) is 7.68. The van der Waals surface area contributed by atoms with Gasteiger partial charge in [0.1, 0.15) is 5.75 Å². The van der Waals surface area contributed by atoms with Crippen molar-refractivity contribution in [2.24, 2.45) is 0 Å². The highest BCUT2D eigenvalue weighted by Gasteiger charge is 2.28. The molecule has 4 nitrogen and oxygen atoms in total. The summed E-state index contributed by atoms with van der Waals surface area (Å²) in [6.45, 7) is 0.383. The average molecular weight is 360 g/mol. The van der Waals surface area contributed by atoms with Gasteiger partial charge >= 0.3 is 0 Å². The highest BCUT2D eigenvalue weighted by Crippen LogP contribution is 2.32. The maximum absolute atomic E-state index is 12.7. The zero-order valence-corrected chi connectivity index (χ0v) is 13.6. The SMILES string of the molecule is COc1ccc2c(c1)N(C(=O)c1ccc(Br)cc1)CCC2=O. The predicted octanol–water partition coefficient (Wildman–Crippen LogP) is 3.69. The van der Waals surface area contributed by atoms with E-state index in [0.29, 0.717) is 35.5 Å². The highest BCUT2D eigenvalue weighted by molar-refractivity contribution is 9.10. The molecule has 5 heteroatoms. The third-order valence-corrected chi connectivity index (χ3v) is 4.22. The largest absolute Gasteiger partial charge is 0.497 e. The van der Waals surface area contributed by atoms with Crippen LogP contribution < -0.4 is 9.64 Å². The molecule has 22 heavy (non-hydrogen) atoms. The summed E-state index contributed by atoms with van der Waals surface area (Å²) in [4.78, 5) is 26.4. The van der Waals surface area contributed by atoms with Crippen LogP contribution in [0.2, 0.25) is 0 Å². The van der Waals surface area contributed by atoms with Crippen LogP contribution in [0.3, 0.4) is 0 Å². The number of Topliss-reactive ketones (excluding diaryl/α,β-unsaturated/α-hetero) is 1. The molecule has 1 heterocycles. The Balaban J connectivity index is 2.02. The summed E-state index contributed by atoms with van der Waals surface area (Å²) in [6, 6.07) is 12.4. The zero-order chi connectivity index (χ0) is 15.7. The molecule has 3 rings (SSSR count). The number of carbonyl (C=O) groups excluding carboxylic acids is 2. The number of nitrogens with zero attached hydrogens (tertiary/aromatic N) is 1. The third-order valence-electron chi connectivity index (χ3n) is 3.69. The van der Waals surface area contributed by atoms with Gasteiger partial charge in [0.2, 0.25) is 0 Å². The number of amides is 1. The molecule has 112 valence electrons. The number of ketones is 1. The Morgan fingerprint density at radius 2 is 1.91 bits per heavy atom. The fourth-order valence-electron chi connectivity index (χ4n) is 2.53. The average Bonchev–Trinajstić information content (AvgIpc) is 2.55. The highest BCUT2D eigenvalue weighted by atomic mass is 79.9. The van der Waals surface area contributed by atoms with Crippen LogP contribution in [0.1, 0.15) is 27.1 Å². The smallest absolute Gasteiger partial charge is 0.258 e. The summed E-state index contributed by atoms with van der Waals surface area (Å²) in [5, 5.41) is 0. The molecule has 1 amide bonds. The van der Waals surface area contributed by atoms with Crippen molar-refractivity contribution in [3.8, 4) is 5.75 Å². The Morgan fingerprint density at radius 1 is 1.18 bits per heavy atom. The number of rotatable bonds is 2. The first-order valence-electron chi connectivity index (χ1n) is 6.89. The molecule has 0 bridgehead atoms. The van der Waals surface area contributed by atoms with Crippen LogP contribution in [0.5, 0.6) is 5.75 Å². The molecule has 0 aromatic heterocycles. The van der Waals surface area contributed by atoms with Crippen molar-refractivity contribution in [1.29, 1.82) is 0 Å². The molecule has 0 saturated heterocycles. The maximum atomic E-state index is 12.7. The van der Waals surface area contributed by atoms with Crippen LogP contribution >= 0.6 is 15.9 Å². The van der Waals surface area contributed by atoms with Gasteiger partial charge in [-0.1, -0.05) is 15.9 Å². The lowest BCUT2D eigenvalue weighted by Crippen LogP contribution is -2.37. The van der Waals surface area contributed by atoms with Crippen LogP contribution in [-0.2, 0) is 0 Å². The van der Waals surface area contributed by atoms with Crippen molar-refractivity contribution in [3.63, 3.8) is 0 Å². The number of carbonyl (C=O) groups is 2. The molecular weight excluding hydrogens is 346 g/mol. The fraction of sp³-hybridized carbons (Fsp3) is 0.176. The van der Waals surface area contributed by atoms with Crippen molar-refractivity contribution in [3.05, 3.63) is 58.1 Å². The monoisotopic (exact) mass is 359 g/mol. The second kappa shape index (κ2) is 5.93. The Kier molecular flexibility index (Phi) is 3.98. The number of methoxy groups -OCH3 is 1. The first-order chi connectivity index (χ1) is 10.6. The van der Waals surface area contributed by atoms with E-state index in [2.05, 4.69) is 15.9 Å². The van der Waals surface area contributed by atoms with E-state index in [0.717, 1.165) is 4.47 Å². The zero-order valence-electron chi connectivity index (χ0n) is 12.0. The lowest BCUT2D eigenvalue weighted by Gasteiger charge is -2.29. The summed E-state index contributed by atoms with van der Waals surface area (Å²) < 4.78 is 6.13. The van der Waals surface area contributed by atoms with Crippen molar-refractivity contribution in [2.75, 3.05) is 18.6 Å². The van der Waals surface area contributed by atoms with Gasteiger partial charge in [-0.15, -0.1) is 0 Å². The lowest BCUT2D eigenvalue weighted by atomic mass is 9.99. The third kappa shape index (κ3) is 2.64. The van der Waals surface area contributed by atoms with Crippen molar-refractivity contribution in [2.45, 2.75) is 6.42 Å². The van der Waals surface area contributed by atoms with Crippen LogP contribution in [0.4, 0.5) is 5.69 Å². The first kappa shape index (κ1) is 14.8. The molecule has 0 fully saturated rings. The molecule has 2 aromatic rings. The number of anilines is 1. The van der Waals surface area contributed by atoms with Crippen molar-refractivity contribution < 1.29 is 14.3 Å². The minimum absolute atomic E-state index is 0.0532. The second-order valence-electron chi connectivity index (χ2n) is 5.02. The van der Waals surface area contributed by atoms with Crippen molar-refractivity contribution in [1.82, 2.24) is 0 Å². The molecule has 1 aliphatic heterocycles. The van der Waals surface area contributed by atoms with E-state index in [9.17, 15) is 9.59 Å². The van der Waals surface area contributed by atoms with Gasteiger partial charge in [-0.05, 0) is 36.4 Å². The lowest BCUT2D eigenvalue weighted by molar-refractivity contribution is 0.0955. The molecule has 0 radical (unpaired) electrons. The summed E-state index contributed by atoms with van der Waals surface area (Å²) >= 11 is 3.36. The van der Waals surface area contributed by atoms with Gasteiger partial charge < -0.3 is 9.64 Å². The number of hydrogen-bond acceptors (Lipinski definition) is 3. The molecule has 2 aromatic carbocycles. The number of hydrogen-bond donors (Lipinski definition) is 0. The van der Waals surface area contributed by atoms with Crippen molar-refractivity contribution >= 4 is 33.3 Å². The molecule has 0 atom stereocenters. The van der Waals surface area contributed by atoms with E-state index in [1.807, 2.05) is 12.1 Å². The van der Waals surface area contributed by atoms with Crippen LogP contribution in [0.15, 0.2) is 46.9 Å². The molecule has 1 aliphatic rings. The van der Waals surface area contributed by atoms with Crippen LogP contribution in [0.25, 0.3) is 0 Å². The quantitative estimate of drug-likeness (QED) is 0.821. The van der Waals surface area contributed by atoms with Crippen LogP contribution in [-0.4, -0.2) is 25.3 Å². The molecule has 0 N–H and O–H groups in total. The molecular formula is C17H14BrNO3. The molecule has 0 saturated carbocycles. The van der Waals surface area contributed by atoms with Gasteiger partial charge in [-0.25, -0.2) is 0 Å². The Morgan fingerprint density at radius 3 is 2.59 bits per heavy atom. The molecule has 0 unspecified atom stereocenters. The fourth-order valence-corrected chi connectivity index (χ4v) is 2.79. The minimum atomic E-state index is -0.116. The van der Waals surface area contributed by atoms with Crippen LogP contribution in [0, 0.1) is 0 Å². The summed E-state index contributed by atoms with van der Waals surface area (Å²) in [5.41, 5.74) is 1.77. The summed E-state index contributed by atoms with van der Waals surface area (Å²) in [5.74, 6) is 0.564. The number of benzene rings is 2. The number of halogens is 1. The van der Waals surface area contributed by atoms with Gasteiger partial charge in [-0.2, -0.15) is 0 Å². The Labute approximate surface area is 136 Å². The maximum Gasteiger partial charge on any atom is 0.258 e. The molecule has 0 aliphatic carbocycles. The van der Waals surface area contributed by atoms with Gasteiger partial charge in [0.05, 0.1) is 12.8 Å². The Hall–Kier alpha value is -2.14. The van der Waals surface area contributed by atoms with Gasteiger partial charge in [0, 0.05) is 34.6 Å². The predicted molar refractivity (Wildman–Crippen MR) is 87.8 cm³/mol. The van der Waals surface area contributed by atoms with E-state index in [1.165, 1.54) is 0 Å². The Bertz CT molecular complexity index is 740. The topological polar surface area (TPSA) is 46.6 Å². The van der Waals surface area contributed by atoms with Gasteiger partial charge in [0.25, 0.3) is 5.91 Å². The summed E-state index contributed by atoms with van der Waals surface area (Å²) in [7, 11) is 1.56. The molecule has 0 spiro atoms. The second-order valence-corrected chi connectivity index (χ2v) is 5.94. The van der Waals surface area contributed by atoms with Gasteiger partial charge in [-0.3, -0.25) is 9.59 Å². The summed E-state index contributed by atoms with van der Waals surface area (Å²) in [6.07, 6.45) is 0.335. The standard InChI is InChI=1S/C17H14BrNO3/c1-22-13-6-7-14-15(10-13)19(9-8-16(14)20)17(21)11-2-4-12(18)5-3-11/h2-7,10H,8-9H2,1H3. The van der Waals surface area contributed by atoms with E-state index < -0.39 is 0 Å². The van der Waals surface area contributed by atoms with E-state index >= 15 is 0 Å². The number of fused-ring (bicyclic) bond motifs is 1. The van der Waals surface area contributed by atoms with E-state index in [-0.39, 0.29) is 11.7 Å².